The van der Waals surface area contributed by atoms with Gasteiger partial charge in [0.25, 0.3) is 11.6 Å². The molecule has 0 saturated heterocycles. The fourth-order valence-electron chi connectivity index (χ4n) is 1.74. The lowest BCUT2D eigenvalue weighted by Gasteiger charge is -2.08. The number of hydrogen-bond donors (Lipinski definition) is 2. The number of hydrogen-bond acceptors (Lipinski definition) is 5. The number of carbonyl (C=O) groups is 2. The van der Waals surface area contributed by atoms with E-state index in [2.05, 4.69) is 10.9 Å². The van der Waals surface area contributed by atoms with Crippen molar-refractivity contribution in [3.8, 4) is 0 Å². The van der Waals surface area contributed by atoms with E-state index in [0.717, 1.165) is 23.9 Å². The Balaban J connectivity index is 1.91. The van der Waals surface area contributed by atoms with Crippen molar-refractivity contribution in [3.63, 3.8) is 0 Å². The lowest BCUT2D eigenvalue weighted by Crippen LogP contribution is -2.42. The molecule has 0 saturated carbocycles. The first kappa shape index (κ1) is 18.7. The summed E-state index contributed by atoms with van der Waals surface area (Å²) in [6, 6.07) is 9.32. The van der Waals surface area contributed by atoms with E-state index in [0.29, 0.717) is 4.90 Å². The van der Waals surface area contributed by atoms with E-state index in [9.17, 15) is 24.1 Å². The lowest BCUT2D eigenvalue weighted by atomic mass is 10.2. The first-order valence-electron chi connectivity index (χ1n) is 6.79. The van der Waals surface area contributed by atoms with Gasteiger partial charge in [-0.2, -0.15) is 0 Å². The highest BCUT2D eigenvalue weighted by atomic mass is 35.5. The van der Waals surface area contributed by atoms with Gasteiger partial charge in [-0.05, 0) is 18.2 Å². The average molecular weight is 384 g/mol. The van der Waals surface area contributed by atoms with Gasteiger partial charge in [-0.1, -0.05) is 23.7 Å². The van der Waals surface area contributed by atoms with Crippen LogP contribution in [0.2, 0.25) is 5.02 Å². The van der Waals surface area contributed by atoms with Crippen LogP contribution in [-0.4, -0.2) is 22.5 Å². The largest absolute Gasteiger partial charge is 0.272 e. The van der Waals surface area contributed by atoms with Crippen LogP contribution in [0.15, 0.2) is 47.4 Å². The van der Waals surface area contributed by atoms with Crippen LogP contribution >= 0.6 is 23.4 Å². The Hall–Kier alpha value is -2.65. The minimum absolute atomic E-state index is 0.00178. The number of non-ortho nitro benzene ring substituents is 1. The standard InChI is InChI=1S/C15H11ClFN3O4S/c16-11-6-5-9(20(23)24)7-10(11)15(22)19-18-14(21)8-25-13-4-2-1-3-12(13)17/h1-7H,8H2,(H,18,21)(H,19,22). The van der Waals surface area contributed by atoms with Gasteiger partial charge in [-0.15, -0.1) is 11.8 Å². The molecule has 0 unspecified atom stereocenters. The van der Waals surface area contributed by atoms with Crippen molar-refractivity contribution in [2.24, 2.45) is 0 Å². The Morgan fingerprint density at radius 1 is 1.20 bits per heavy atom. The van der Waals surface area contributed by atoms with Crippen molar-refractivity contribution < 1.29 is 18.9 Å². The maximum absolute atomic E-state index is 13.4. The fraction of sp³-hybridized carbons (Fsp3) is 0.0667. The van der Waals surface area contributed by atoms with E-state index < -0.39 is 22.6 Å². The molecule has 0 aliphatic rings. The number of carbonyl (C=O) groups excluding carboxylic acids is 2. The third-order valence-corrected chi connectivity index (χ3v) is 4.29. The molecular formula is C15H11ClFN3O4S. The first-order valence-corrected chi connectivity index (χ1v) is 8.15. The van der Waals surface area contributed by atoms with E-state index in [1.165, 1.54) is 24.3 Å². The molecule has 0 heterocycles. The number of nitrogens with zero attached hydrogens (tertiary/aromatic N) is 1. The topological polar surface area (TPSA) is 101 Å². The molecule has 0 aliphatic carbocycles. The summed E-state index contributed by atoms with van der Waals surface area (Å²) in [5, 5.41) is 10.7. The highest BCUT2D eigenvalue weighted by Gasteiger charge is 2.16. The molecule has 2 N–H and O–H groups in total. The van der Waals surface area contributed by atoms with Crippen LogP contribution in [0.25, 0.3) is 0 Å². The predicted molar refractivity (Wildman–Crippen MR) is 90.8 cm³/mol. The summed E-state index contributed by atoms with van der Waals surface area (Å²) in [7, 11) is 0. The zero-order chi connectivity index (χ0) is 18.4. The van der Waals surface area contributed by atoms with Gasteiger partial charge in [-0.25, -0.2) is 4.39 Å². The lowest BCUT2D eigenvalue weighted by molar-refractivity contribution is -0.384. The van der Waals surface area contributed by atoms with Gasteiger partial charge in [0.2, 0.25) is 5.91 Å². The molecule has 2 aromatic carbocycles. The second-order valence-corrected chi connectivity index (χ2v) is 6.07. The summed E-state index contributed by atoms with van der Waals surface area (Å²) >= 11 is 6.79. The molecule has 0 aliphatic heterocycles. The third-order valence-electron chi connectivity index (χ3n) is 2.92. The van der Waals surface area contributed by atoms with Gasteiger partial charge in [-0.3, -0.25) is 30.6 Å². The average Bonchev–Trinajstić information content (AvgIpc) is 2.59. The SMILES string of the molecule is O=C(CSc1ccccc1F)NNC(=O)c1cc([N+](=O)[O-])ccc1Cl. The van der Waals surface area contributed by atoms with E-state index in [1.54, 1.807) is 6.07 Å². The van der Waals surface area contributed by atoms with Crippen LogP contribution in [0.3, 0.4) is 0 Å². The molecule has 25 heavy (non-hydrogen) atoms. The van der Waals surface area contributed by atoms with Gasteiger partial charge in [0, 0.05) is 17.0 Å². The zero-order valence-corrected chi connectivity index (χ0v) is 14.1. The minimum atomic E-state index is -0.807. The molecule has 0 atom stereocenters. The Labute approximate surface area is 150 Å². The Bertz CT molecular complexity index is 834. The van der Waals surface area contributed by atoms with E-state index in [4.69, 9.17) is 11.6 Å². The first-order chi connectivity index (χ1) is 11.9. The van der Waals surface area contributed by atoms with Crippen LogP contribution in [0.4, 0.5) is 10.1 Å². The Morgan fingerprint density at radius 2 is 1.92 bits per heavy atom. The molecule has 7 nitrogen and oxygen atoms in total. The third kappa shape index (κ3) is 5.16. The van der Waals surface area contributed by atoms with Crippen LogP contribution in [-0.2, 0) is 4.79 Å². The molecule has 2 amide bonds. The van der Waals surface area contributed by atoms with Crippen molar-refractivity contribution in [1.82, 2.24) is 10.9 Å². The van der Waals surface area contributed by atoms with Gasteiger partial charge in [0.15, 0.2) is 0 Å². The van der Waals surface area contributed by atoms with Crippen LogP contribution in [0.1, 0.15) is 10.4 Å². The molecule has 2 rings (SSSR count). The van der Waals surface area contributed by atoms with E-state index in [1.807, 2.05) is 0 Å². The molecule has 0 aromatic heterocycles. The number of nitro benzene ring substituents is 1. The molecular weight excluding hydrogens is 373 g/mol. The number of benzene rings is 2. The molecule has 0 bridgehead atoms. The second kappa shape index (κ2) is 8.45. The maximum Gasteiger partial charge on any atom is 0.271 e. The predicted octanol–water partition coefficient (Wildman–Crippen LogP) is 2.94. The van der Waals surface area contributed by atoms with Crippen molar-refractivity contribution >= 4 is 40.9 Å². The van der Waals surface area contributed by atoms with Crippen molar-refractivity contribution in [1.29, 1.82) is 0 Å². The molecule has 130 valence electrons. The number of rotatable bonds is 5. The summed E-state index contributed by atoms with van der Waals surface area (Å²) in [4.78, 5) is 34.0. The maximum atomic E-state index is 13.4. The molecule has 2 aromatic rings. The summed E-state index contributed by atoms with van der Waals surface area (Å²) < 4.78 is 13.4. The summed E-state index contributed by atoms with van der Waals surface area (Å²) in [6.45, 7) is 0. The molecule has 0 radical (unpaired) electrons. The normalized spacial score (nSPS) is 10.2. The smallest absolute Gasteiger partial charge is 0.271 e. The Kier molecular flexibility index (Phi) is 6.31. The highest BCUT2D eigenvalue weighted by molar-refractivity contribution is 8.00. The zero-order valence-electron chi connectivity index (χ0n) is 12.5. The summed E-state index contributed by atoms with van der Waals surface area (Å²) in [5.74, 6) is -1.97. The van der Waals surface area contributed by atoms with E-state index >= 15 is 0 Å². The van der Waals surface area contributed by atoms with E-state index in [-0.39, 0.29) is 22.0 Å². The Morgan fingerprint density at radius 3 is 2.60 bits per heavy atom. The van der Waals surface area contributed by atoms with Crippen molar-refractivity contribution in [2.45, 2.75) is 4.90 Å². The number of thioether (sulfide) groups is 1. The fourth-order valence-corrected chi connectivity index (χ4v) is 2.68. The monoisotopic (exact) mass is 383 g/mol. The number of amides is 2. The quantitative estimate of drug-likeness (QED) is 0.469. The summed E-state index contributed by atoms with van der Waals surface area (Å²) in [6.07, 6.45) is 0. The number of nitro groups is 1. The van der Waals surface area contributed by atoms with Gasteiger partial charge in [0.05, 0.1) is 21.3 Å². The number of hydrazine groups is 1. The second-order valence-electron chi connectivity index (χ2n) is 4.64. The van der Waals surface area contributed by atoms with Crippen molar-refractivity contribution in [2.75, 3.05) is 5.75 Å². The number of halogens is 2. The van der Waals surface area contributed by atoms with Crippen LogP contribution in [0, 0.1) is 15.9 Å². The molecule has 0 spiro atoms. The highest BCUT2D eigenvalue weighted by Crippen LogP contribution is 2.22. The van der Waals surface area contributed by atoms with Crippen LogP contribution < -0.4 is 10.9 Å². The molecule has 10 heteroatoms. The number of nitrogens with one attached hydrogen (secondary N) is 2. The van der Waals surface area contributed by atoms with Crippen LogP contribution in [0.5, 0.6) is 0 Å². The van der Waals surface area contributed by atoms with Gasteiger partial charge in [0.1, 0.15) is 5.82 Å². The molecule has 0 fully saturated rings. The van der Waals surface area contributed by atoms with Crippen molar-refractivity contribution in [3.05, 3.63) is 69.0 Å². The minimum Gasteiger partial charge on any atom is -0.272 e. The summed E-state index contributed by atoms with van der Waals surface area (Å²) in [5.41, 5.74) is 3.78. The van der Waals surface area contributed by atoms with Gasteiger partial charge >= 0.3 is 0 Å². The van der Waals surface area contributed by atoms with Gasteiger partial charge < -0.3 is 0 Å².